The van der Waals surface area contributed by atoms with Crippen LogP contribution < -0.4 is 0 Å². The molecule has 0 aliphatic heterocycles. The Hall–Kier alpha value is -2.31. The highest BCUT2D eigenvalue weighted by atomic mass is 19.1. The van der Waals surface area contributed by atoms with Crippen LogP contribution in [-0.2, 0) is 23.3 Å². The van der Waals surface area contributed by atoms with Gasteiger partial charge < -0.3 is 4.90 Å². The Labute approximate surface area is 148 Å². The molecule has 0 aliphatic carbocycles. The Balaban J connectivity index is 2.16. The predicted molar refractivity (Wildman–Crippen MR) is 93.2 cm³/mol. The summed E-state index contributed by atoms with van der Waals surface area (Å²) in [5.41, 5.74) is 0.202. The molecule has 136 valence electrons. The van der Waals surface area contributed by atoms with Crippen LogP contribution in [0.4, 0.5) is 4.39 Å². The zero-order chi connectivity index (χ0) is 18.8. The van der Waals surface area contributed by atoms with Gasteiger partial charge in [0, 0.05) is 12.1 Å². The summed E-state index contributed by atoms with van der Waals surface area (Å²) < 4.78 is 13.1. The van der Waals surface area contributed by atoms with Gasteiger partial charge in [0.05, 0.1) is 12.0 Å². The molecule has 1 aromatic heterocycles. The number of hydrogen-bond donors (Lipinski definition) is 0. The predicted octanol–water partition coefficient (Wildman–Crippen LogP) is 2.94. The molecule has 7 heteroatoms. The topological polar surface area (TPSA) is 63.9 Å². The maximum absolute atomic E-state index is 13.1. The Morgan fingerprint density at radius 1 is 1.12 bits per heavy atom. The lowest BCUT2D eigenvalue weighted by Crippen LogP contribution is -2.45. The summed E-state index contributed by atoms with van der Waals surface area (Å²) in [5, 5.41) is 12.3. The molecule has 0 atom stereocenters. The molecule has 0 N–H and O–H groups in total. The molecule has 0 spiro atoms. The van der Waals surface area contributed by atoms with Crippen LogP contribution in [0.1, 0.15) is 52.9 Å². The van der Waals surface area contributed by atoms with Gasteiger partial charge in [-0.3, -0.25) is 4.79 Å². The number of nitrogens with zero attached hydrogens (tertiary/aromatic N) is 5. The van der Waals surface area contributed by atoms with E-state index in [1.54, 1.807) is 17.0 Å². The number of amides is 1. The van der Waals surface area contributed by atoms with Crippen LogP contribution in [-0.4, -0.2) is 36.6 Å². The largest absolute Gasteiger partial charge is 0.333 e. The van der Waals surface area contributed by atoms with Crippen molar-refractivity contribution in [2.45, 2.75) is 65.6 Å². The van der Waals surface area contributed by atoms with E-state index in [0.29, 0.717) is 12.4 Å². The quantitative estimate of drug-likeness (QED) is 0.853. The molecule has 0 unspecified atom stereocenters. The second-order valence-corrected chi connectivity index (χ2v) is 8.12. The van der Waals surface area contributed by atoms with Crippen molar-refractivity contribution in [3.05, 3.63) is 41.5 Å². The van der Waals surface area contributed by atoms with Crippen molar-refractivity contribution in [2.24, 2.45) is 0 Å². The number of aromatic nitrogens is 4. The molecule has 25 heavy (non-hydrogen) atoms. The fourth-order valence-electron chi connectivity index (χ4n) is 2.30. The molecule has 0 radical (unpaired) electrons. The first kappa shape index (κ1) is 19.0. The van der Waals surface area contributed by atoms with Gasteiger partial charge in [0.15, 0.2) is 5.82 Å². The second kappa shape index (κ2) is 6.90. The molecular formula is C18H26FN5O. The SMILES string of the molecule is CC(C)(C)N(Cc1ccc(F)cc1)C(=O)Cc1nnn(C(C)(C)C)n1. The first-order valence-corrected chi connectivity index (χ1v) is 8.31. The molecule has 2 aromatic rings. The molecule has 1 heterocycles. The normalized spacial score (nSPS) is 12.3. The maximum atomic E-state index is 13.1. The maximum Gasteiger partial charge on any atom is 0.231 e. The minimum absolute atomic E-state index is 0.0779. The summed E-state index contributed by atoms with van der Waals surface area (Å²) in [6.07, 6.45) is 0.0779. The lowest BCUT2D eigenvalue weighted by molar-refractivity contribution is -0.136. The van der Waals surface area contributed by atoms with Gasteiger partial charge in [-0.2, -0.15) is 4.80 Å². The number of halogens is 1. The third kappa shape index (κ3) is 5.08. The monoisotopic (exact) mass is 347 g/mol. The van der Waals surface area contributed by atoms with Crippen molar-refractivity contribution in [3.8, 4) is 0 Å². The zero-order valence-electron chi connectivity index (χ0n) is 15.7. The average Bonchev–Trinajstić information content (AvgIpc) is 2.93. The number of carbonyl (C=O) groups excluding carboxylic acids is 1. The summed E-state index contributed by atoms with van der Waals surface area (Å²) in [6.45, 7) is 12.2. The van der Waals surface area contributed by atoms with E-state index in [4.69, 9.17) is 0 Å². The standard InChI is InChI=1S/C18H26FN5O/c1-17(2,3)23(12-13-7-9-14(19)10-8-13)16(25)11-15-20-22-24(21-15)18(4,5)6/h7-10H,11-12H2,1-6H3. The van der Waals surface area contributed by atoms with Crippen molar-refractivity contribution in [1.82, 2.24) is 25.1 Å². The van der Waals surface area contributed by atoms with E-state index in [1.807, 2.05) is 41.5 Å². The lowest BCUT2D eigenvalue weighted by Gasteiger charge is -2.35. The molecule has 0 saturated heterocycles. The molecule has 1 amide bonds. The van der Waals surface area contributed by atoms with Gasteiger partial charge in [0.25, 0.3) is 0 Å². The van der Waals surface area contributed by atoms with E-state index in [1.165, 1.54) is 16.9 Å². The Bertz CT molecular complexity index is 725. The van der Waals surface area contributed by atoms with Crippen LogP contribution in [0, 0.1) is 5.82 Å². The van der Waals surface area contributed by atoms with Gasteiger partial charge in [-0.05, 0) is 64.5 Å². The second-order valence-electron chi connectivity index (χ2n) is 8.12. The molecule has 0 fully saturated rings. The third-order valence-electron chi connectivity index (χ3n) is 3.73. The molecular weight excluding hydrogens is 321 g/mol. The van der Waals surface area contributed by atoms with E-state index in [0.717, 1.165) is 5.56 Å². The van der Waals surface area contributed by atoms with Gasteiger partial charge >= 0.3 is 0 Å². The van der Waals surface area contributed by atoms with E-state index in [2.05, 4.69) is 15.4 Å². The van der Waals surface area contributed by atoms with Gasteiger partial charge in [-0.25, -0.2) is 4.39 Å². The van der Waals surface area contributed by atoms with Crippen LogP contribution in [0.2, 0.25) is 0 Å². The highest BCUT2D eigenvalue weighted by Gasteiger charge is 2.28. The number of tetrazole rings is 1. The molecule has 6 nitrogen and oxygen atoms in total. The Kier molecular flexibility index (Phi) is 5.25. The highest BCUT2D eigenvalue weighted by Crippen LogP contribution is 2.19. The van der Waals surface area contributed by atoms with Gasteiger partial charge in [-0.15, -0.1) is 10.2 Å². The molecule has 0 aliphatic rings. The first-order valence-electron chi connectivity index (χ1n) is 8.31. The van der Waals surface area contributed by atoms with Crippen LogP contribution in [0.15, 0.2) is 24.3 Å². The fraction of sp³-hybridized carbons (Fsp3) is 0.556. The van der Waals surface area contributed by atoms with E-state index in [9.17, 15) is 9.18 Å². The van der Waals surface area contributed by atoms with E-state index >= 15 is 0 Å². The summed E-state index contributed by atoms with van der Waals surface area (Å²) >= 11 is 0. The number of hydrogen-bond acceptors (Lipinski definition) is 4. The van der Waals surface area contributed by atoms with Crippen molar-refractivity contribution in [2.75, 3.05) is 0 Å². The third-order valence-corrected chi connectivity index (χ3v) is 3.73. The van der Waals surface area contributed by atoms with Gasteiger partial charge in [-0.1, -0.05) is 12.1 Å². The van der Waals surface area contributed by atoms with E-state index in [-0.39, 0.29) is 29.2 Å². The van der Waals surface area contributed by atoms with E-state index < -0.39 is 0 Å². The minimum atomic E-state index is -0.383. The summed E-state index contributed by atoms with van der Waals surface area (Å²) in [4.78, 5) is 16.1. The van der Waals surface area contributed by atoms with Crippen LogP contribution in [0.25, 0.3) is 0 Å². The first-order chi connectivity index (χ1) is 11.5. The molecule has 1 aromatic carbocycles. The molecule has 2 rings (SSSR count). The number of benzene rings is 1. The van der Waals surface area contributed by atoms with Crippen LogP contribution >= 0.6 is 0 Å². The summed E-state index contributed by atoms with van der Waals surface area (Å²) in [6, 6.07) is 6.18. The van der Waals surface area contributed by atoms with Crippen molar-refractivity contribution in [1.29, 1.82) is 0 Å². The highest BCUT2D eigenvalue weighted by molar-refractivity contribution is 5.78. The summed E-state index contributed by atoms with van der Waals surface area (Å²) in [7, 11) is 0. The van der Waals surface area contributed by atoms with Crippen LogP contribution in [0.5, 0.6) is 0 Å². The van der Waals surface area contributed by atoms with Crippen molar-refractivity contribution in [3.63, 3.8) is 0 Å². The number of rotatable bonds is 4. The van der Waals surface area contributed by atoms with Crippen LogP contribution in [0.3, 0.4) is 0 Å². The van der Waals surface area contributed by atoms with Gasteiger partial charge in [0.2, 0.25) is 5.91 Å². The molecule has 0 saturated carbocycles. The zero-order valence-corrected chi connectivity index (χ0v) is 15.7. The smallest absolute Gasteiger partial charge is 0.231 e. The molecule has 0 bridgehead atoms. The summed E-state index contributed by atoms with van der Waals surface area (Å²) in [5.74, 6) is 0.0129. The lowest BCUT2D eigenvalue weighted by atomic mass is 10.0. The van der Waals surface area contributed by atoms with Crippen molar-refractivity contribution >= 4 is 5.91 Å². The minimum Gasteiger partial charge on any atom is -0.333 e. The van der Waals surface area contributed by atoms with Crippen molar-refractivity contribution < 1.29 is 9.18 Å². The fourth-order valence-corrected chi connectivity index (χ4v) is 2.30. The number of carbonyl (C=O) groups is 1. The Morgan fingerprint density at radius 2 is 1.72 bits per heavy atom. The average molecular weight is 347 g/mol. The van der Waals surface area contributed by atoms with Gasteiger partial charge in [0.1, 0.15) is 5.82 Å². The Morgan fingerprint density at radius 3 is 2.20 bits per heavy atom.